The van der Waals surface area contributed by atoms with Gasteiger partial charge in [0.25, 0.3) is 11.8 Å². The highest BCUT2D eigenvalue weighted by atomic mass is 35.5. The van der Waals surface area contributed by atoms with E-state index in [1.165, 1.54) is 11.8 Å². The molecule has 0 fully saturated rings. The average Bonchev–Trinajstić information content (AvgIpc) is 3.53. The van der Waals surface area contributed by atoms with Crippen LogP contribution in [0.4, 0.5) is 11.4 Å². The lowest BCUT2D eigenvalue weighted by atomic mass is 10.1. The van der Waals surface area contributed by atoms with E-state index in [0.29, 0.717) is 39.0 Å². The first-order valence-electron chi connectivity index (χ1n) is 15.0. The number of halogens is 1. The number of anilines is 2. The number of thioether (sulfide) groups is 1. The molecule has 8 nitrogen and oxygen atoms in total. The molecule has 3 amide bonds. The molecule has 5 aromatic carbocycles. The van der Waals surface area contributed by atoms with Crippen molar-refractivity contribution in [3.8, 4) is 11.5 Å². The summed E-state index contributed by atoms with van der Waals surface area (Å²) in [5, 5.41) is 8.59. The minimum absolute atomic E-state index is 0.0408. The van der Waals surface area contributed by atoms with Crippen molar-refractivity contribution < 1.29 is 18.8 Å². The van der Waals surface area contributed by atoms with Crippen molar-refractivity contribution in [1.29, 1.82) is 0 Å². The third-order valence-electron chi connectivity index (χ3n) is 7.16. The van der Waals surface area contributed by atoms with Gasteiger partial charge in [0.15, 0.2) is 5.58 Å². The fourth-order valence-electron chi connectivity index (χ4n) is 4.74. The Hall–Kier alpha value is -5.64. The van der Waals surface area contributed by atoms with Crippen molar-refractivity contribution >= 4 is 69.6 Å². The van der Waals surface area contributed by atoms with Gasteiger partial charge in [-0.25, -0.2) is 4.98 Å². The second kappa shape index (κ2) is 14.8. The molecule has 0 radical (unpaired) electrons. The smallest absolute Gasteiger partial charge is 0.272 e. The number of carbonyl (C=O) groups is 3. The van der Waals surface area contributed by atoms with Crippen LogP contribution in [0.2, 0.25) is 5.02 Å². The van der Waals surface area contributed by atoms with Crippen molar-refractivity contribution in [2.24, 2.45) is 0 Å². The summed E-state index contributed by atoms with van der Waals surface area (Å²) in [4.78, 5) is 44.8. The number of para-hydroxylation sites is 2. The molecule has 1 atom stereocenters. The van der Waals surface area contributed by atoms with E-state index >= 15 is 0 Å². The molecule has 48 heavy (non-hydrogen) atoms. The number of fused-ring (bicyclic) bond motifs is 1. The van der Waals surface area contributed by atoms with Gasteiger partial charge >= 0.3 is 0 Å². The summed E-state index contributed by atoms with van der Waals surface area (Å²) in [7, 11) is 0. The van der Waals surface area contributed by atoms with Crippen molar-refractivity contribution in [2.75, 3.05) is 10.6 Å². The second-order valence-corrected chi connectivity index (χ2v) is 12.6. The number of nitrogens with zero attached hydrogens (tertiary/aromatic N) is 1. The maximum absolute atomic E-state index is 13.5. The highest BCUT2D eigenvalue weighted by Crippen LogP contribution is 2.28. The van der Waals surface area contributed by atoms with E-state index < -0.39 is 17.1 Å². The SMILES string of the molecule is CC(Sc1cccc(NC(=O)/C(=C/c2cccc(Cl)c2)NC(=O)c2ccccc2)c1)C(=O)Nc1ccc(-c2nc3ccccc3o2)cc1. The van der Waals surface area contributed by atoms with Gasteiger partial charge in [0, 0.05) is 32.4 Å². The van der Waals surface area contributed by atoms with Crippen LogP contribution in [0.25, 0.3) is 28.6 Å². The van der Waals surface area contributed by atoms with E-state index in [4.69, 9.17) is 16.0 Å². The molecule has 1 aromatic heterocycles. The molecular formula is C38H29ClN4O4S. The van der Waals surface area contributed by atoms with Crippen LogP contribution in [0.5, 0.6) is 0 Å². The molecule has 0 aliphatic carbocycles. The van der Waals surface area contributed by atoms with Crippen LogP contribution < -0.4 is 16.0 Å². The van der Waals surface area contributed by atoms with Crippen LogP contribution in [0.3, 0.4) is 0 Å². The molecule has 6 aromatic rings. The van der Waals surface area contributed by atoms with Crippen LogP contribution in [0, 0.1) is 0 Å². The lowest BCUT2D eigenvalue weighted by Crippen LogP contribution is -2.30. The van der Waals surface area contributed by atoms with E-state index in [1.54, 1.807) is 91.0 Å². The fourth-order valence-corrected chi connectivity index (χ4v) is 5.87. The number of benzene rings is 5. The van der Waals surface area contributed by atoms with E-state index in [1.807, 2.05) is 49.4 Å². The number of hydrogen-bond donors (Lipinski definition) is 3. The Bertz CT molecular complexity index is 2100. The monoisotopic (exact) mass is 672 g/mol. The first kappa shape index (κ1) is 32.3. The Kier molecular flexibility index (Phi) is 9.99. The number of oxazole rings is 1. The lowest BCUT2D eigenvalue weighted by molar-refractivity contribution is -0.115. The first-order chi connectivity index (χ1) is 23.3. The van der Waals surface area contributed by atoms with Gasteiger partial charge < -0.3 is 20.4 Å². The fraction of sp³-hybridized carbons (Fsp3) is 0.0526. The summed E-state index contributed by atoms with van der Waals surface area (Å²) < 4.78 is 5.84. The quantitative estimate of drug-likeness (QED) is 0.0991. The normalized spacial score (nSPS) is 11.9. The van der Waals surface area contributed by atoms with Crippen molar-refractivity contribution in [3.63, 3.8) is 0 Å². The Morgan fingerprint density at radius 3 is 2.31 bits per heavy atom. The predicted octanol–water partition coefficient (Wildman–Crippen LogP) is 8.68. The van der Waals surface area contributed by atoms with Crippen LogP contribution in [-0.2, 0) is 9.59 Å². The van der Waals surface area contributed by atoms with E-state index in [0.717, 1.165) is 16.0 Å². The van der Waals surface area contributed by atoms with Crippen LogP contribution in [0.1, 0.15) is 22.8 Å². The number of carbonyl (C=O) groups excluding carboxylic acids is 3. The van der Waals surface area contributed by atoms with E-state index in [-0.39, 0.29) is 11.6 Å². The Morgan fingerprint density at radius 2 is 1.54 bits per heavy atom. The molecule has 0 saturated heterocycles. The third kappa shape index (κ3) is 8.19. The Balaban J connectivity index is 1.10. The number of nitrogens with one attached hydrogen (secondary N) is 3. The van der Waals surface area contributed by atoms with Crippen molar-refractivity contribution in [1.82, 2.24) is 10.3 Å². The van der Waals surface area contributed by atoms with Gasteiger partial charge in [-0.1, -0.05) is 60.1 Å². The molecule has 3 N–H and O–H groups in total. The zero-order valence-electron chi connectivity index (χ0n) is 25.6. The predicted molar refractivity (Wildman–Crippen MR) is 192 cm³/mol. The maximum atomic E-state index is 13.5. The highest BCUT2D eigenvalue weighted by molar-refractivity contribution is 8.00. The van der Waals surface area contributed by atoms with Gasteiger partial charge in [-0.3, -0.25) is 14.4 Å². The number of hydrogen-bond acceptors (Lipinski definition) is 6. The van der Waals surface area contributed by atoms with Crippen LogP contribution >= 0.6 is 23.4 Å². The number of aromatic nitrogens is 1. The van der Waals surface area contributed by atoms with Gasteiger partial charge in [-0.05, 0) is 97.4 Å². The van der Waals surface area contributed by atoms with Gasteiger partial charge in [-0.2, -0.15) is 0 Å². The van der Waals surface area contributed by atoms with Gasteiger partial charge in [0.05, 0.1) is 5.25 Å². The summed E-state index contributed by atoms with van der Waals surface area (Å²) in [6.45, 7) is 1.81. The highest BCUT2D eigenvalue weighted by Gasteiger charge is 2.18. The zero-order valence-corrected chi connectivity index (χ0v) is 27.2. The Labute approximate surface area is 286 Å². The topological polar surface area (TPSA) is 113 Å². The molecule has 6 rings (SSSR count). The molecular weight excluding hydrogens is 644 g/mol. The molecule has 238 valence electrons. The largest absolute Gasteiger partial charge is 0.436 e. The summed E-state index contributed by atoms with van der Waals surface area (Å²) in [5.41, 5.74) is 4.53. The maximum Gasteiger partial charge on any atom is 0.272 e. The molecule has 0 bridgehead atoms. The summed E-state index contributed by atoms with van der Waals surface area (Å²) in [6, 6.07) is 37.6. The third-order valence-corrected chi connectivity index (χ3v) is 8.48. The molecule has 0 spiro atoms. The first-order valence-corrected chi connectivity index (χ1v) is 16.2. The second-order valence-electron chi connectivity index (χ2n) is 10.7. The molecule has 1 unspecified atom stereocenters. The van der Waals surface area contributed by atoms with Crippen LogP contribution in [0.15, 0.2) is 142 Å². The minimum Gasteiger partial charge on any atom is -0.436 e. The van der Waals surface area contributed by atoms with E-state index in [9.17, 15) is 14.4 Å². The zero-order chi connectivity index (χ0) is 33.5. The molecule has 0 aliphatic heterocycles. The number of amides is 3. The Morgan fingerprint density at radius 1 is 0.792 bits per heavy atom. The summed E-state index contributed by atoms with van der Waals surface area (Å²) in [6.07, 6.45) is 1.56. The average molecular weight is 673 g/mol. The minimum atomic E-state index is -0.520. The molecule has 0 saturated carbocycles. The number of rotatable bonds is 10. The molecule has 1 heterocycles. The summed E-state index contributed by atoms with van der Waals surface area (Å²) in [5.74, 6) is -0.618. The van der Waals surface area contributed by atoms with Crippen molar-refractivity contribution in [3.05, 3.63) is 149 Å². The van der Waals surface area contributed by atoms with Gasteiger partial charge in [0.1, 0.15) is 11.2 Å². The van der Waals surface area contributed by atoms with Crippen molar-refractivity contribution in [2.45, 2.75) is 17.1 Å². The summed E-state index contributed by atoms with van der Waals surface area (Å²) >= 11 is 7.50. The van der Waals surface area contributed by atoms with E-state index in [2.05, 4.69) is 20.9 Å². The standard InChI is InChI=1S/C38H29ClN4O4S/c1-24(35(44)40-29-19-17-27(18-20-29)38-43-32-15-5-6-16-34(32)47-38)48-31-14-8-13-30(23-31)41-37(46)33(22-25-9-7-12-28(39)21-25)42-36(45)26-10-3-2-4-11-26/h2-24H,1H3,(H,40,44)(H,41,46)(H,42,45)/b33-22-. The lowest BCUT2D eigenvalue weighted by Gasteiger charge is -2.14. The van der Waals surface area contributed by atoms with Gasteiger partial charge in [0.2, 0.25) is 11.8 Å². The molecule has 10 heteroatoms. The molecule has 0 aliphatic rings. The van der Waals surface area contributed by atoms with Gasteiger partial charge in [-0.15, -0.1) is 11.8 Å². The van der Waals surface area contributed by atoms with Crippen LogP contribution in [-0.4, -0.2) is 28.0 Å².